The van der Waals surface area contributed by atoms with E-state index in [2.05, 4.69) is 5.32 Å². The van der Waals surface area contributed by atoms with E-state index in [0.29, 0.717) is 6.42 Å². The molecule has 1 heterocycles. The van der Waals surface area contributed by atoms with Crippen LogP contribution in [0.15, 0.2) is 30.3 Å². The Hall–Kier alpha value is -1.21. The minimum atomic E-state index is -4.26. The van der Waals surface area contributed by atoms with Crippen LogP contribution in [0.1, 0.15) is 25.1 Å². The Balaban J connectivity index is 2.08. The number of alkyl halides is 3. The highest BCUT2D eigenvalue weighted by molar-refractivity contribution is 8.00. The minimum Gasteiger partial charge on any atom is -0.321 e. The van der Waals surface area contributed by atoms with Crippen LogP contribution in [0.5, 0.6) is 0 Å². The molecule has 2 unspecified atom stereocenters. The lowest BCUT2D eigenvalue weighted by Crippen LogP contribution is -2.33. The number of rotatable bonds is 5. The van der Waals surface area contributed by atoms with E-state index in [-0.39, 0.29) is 42.2 Å². The largest absolute Gasteiger partial charge is 0.441 e. The van der Waals surface area contributed by atoms with Gasteiger partial charge in [0.2, 0.25) is 5.91 Å². The van der Waals surface area contributed by atoms with E-state index in [0.717, 1.165) is 5.56 Å². The van der Waals surface area contributed by atoms with Crippen molar-refractivity contribution in [2.75, 3.05) is 12.3 Å². The van der Waals surface area contributed by atoms with Crippen molar-refractivity contribution in [2.45, 2.75) is 31.1 Å². The van der Waals surface area contributed by atoms with Gasteiger partial charge in [-0.3, -0.25) is 10.1 Å². The molecule has 1 saturated heterocycles. The van der Waals surface area contributed by atoms with E-state index in [1.54, 1.807) is 0 Å². The molecule has 1 aromatic carbocycles. The molecule has 2 rings (SSSR count). The molecular formula is C14H17F3N2OS. The second-order valence-corrected chi connectivity index (χ2v) is 5.93. The number of hydrogen-bond donors (Lipinski definition) is 1. The van der Waals surface area contributed by atoms with Crippen LogP contribution in [0.4, 0.5) is 13.2 Å². The molecule has 1 N–H and O–H groups in total. The summed E-state index contributed by atoms with van der Waals surface area (Å²) in [5.41, 5.74) is -3.37. The lowest BCUT2D eigenvalue weighted by molar-refractivity contribution is -0.129. The first kappa shape index (κ1) is 16.2. The molecule has 0 saturated carbocycles. The van der Waals surface area contributed by atoms with E-state index in [4.69, 9.17) is 0 Å². The zero-order valence-electron chi connectivity index (χ0n) is 11.6. The van der Waals surface area contributed by atoms with Crippen molar-refractivity contribution in [3.63, 3.8) is 0 Å². The number of nitrogens with one attached hydrogen (secondary N) is 1. The molecule has 0 aromatic heterocycles. The predicted octanol–water partition coefficient (Wildman–Crippen LogP) is 3.15. The fourth-order valence-electron chi connectivity index (χ4n) is 2.38. The van der Waals surface area contributed by atoms with Crippen LogP contribution in [0.2, 0.25) is 0 Å². The zero-order valence-corrected chi connectivity index (χ0v) is 12.4. The molecule has 1 aromatic rings. The predicted molar refractivity (Wildman–Crippen MR) is 76.6 cm³/mol. The number of halogens is 3. The zero-order chi connectivity index (χ0) is 15.5. The van der Waals surface area contributed by atoms with Gasteiger partial charge >= 0.3 is 5.51 Å². The quantitative estimate of drug-likeness (QED) is 0.905. The molecule has 0 aliphatic carbocycles. The van der Waals surface area contributed by atoms with Gasteiger partial charge in [-0.1, -0.05) is 37.3 Å². The fourth-order valence-corrected chi connectivity index (χ4v) is 2.90. The summed E-state index contributed by atoms with van der Waals surface area (Å²) in [5, 5.41) is 3.19. The van der Waals surface area contributed by atoms with Gasteiger partial charge in [-0.25, -0.2) is 0 Å². The van der Waals surface area contributed by atoms with Crippen molar-refractivity contribution in [3.05, 3.63) is 35.9 Å². The Kier molecular flexibility index (Phi) is 5.16. The maximum absolute atomic E-state index is 12.2. The van der Waals surface area contributed by atoms with Crippen molar-refractivity contribution in [3.8, 4) is 0 Å². The minimum absolute atomic E-state index is 0.0755. The maximum Gasteiger partial charge on any atom is 0.441 e. The van der Waals surface area contributed by atoms with E-state index in [1.807, 2.05) is 37.3 Å². The van der Waals surface area contributed by atoms with Crippen molar-refractivity contribution in [2.24, 2.45) is 0 Å². The first-order chi connectivity index (χ1) is 9.92. The monoisotopic (exact) mass is 318 g/mol. The third-order valence-corrected chi connectivity index (χ3v) is 4.09. The molecule has 1 fully saturated rings. The third kappa shape index (κ3) is 4.14. The first-order valence-corrected chi connectivity index (χ1v) is 7.73. The molecular weight excluding hydrogens is 301 g/mol. The number of amides is 1. The number of benzene rings is 1. The Morgan fingerprint density at radius 2 is 1.95 bits per heavy atom. The summed E-state index contributed by atoms with van der Waals surface area (Å²) in [5.74, 6) is -0.287. The van der Waals surface area contributed by atoms with Crippen LogP contribution in [0.3, 0.4) is 0 Å². The average molecular weight is 318 g/mol. The second-order valence-electron chi connectivity index (χ2n) is 4.77. The summed E-state index contributed by atoms with van der Waals surface area (Å²) >= 11 is -0.0932. The van der Waals surface area contributed by atoms with Gasteiger partial charge in [0, 0.05) is 12.3 Å². The number of thioether (sulfide) groups is 1. The van der Waals surface area contributed by atoms with E-state index < -0.39 is 5.51 Å². The van der Waals surface area contributed by atoms with E-state index in [9.17, 15) is 18.0 Å². The lowest BCUT2D eigenvalue weighted by Gasteiger charge is -2.24. The van der Waals surface area contributed by atoms with Gasteiger partial charge in [0.15, 0.2) is 0 Å². The van der Waals surface area contributed by atoms with Crippen LogP contribution >= 0.6 is 11.8 Å². The van der Waals surface area contributed by atoms with Crippen molar-refractivity contribution in [1.82, 2.24) is 10.2 Å². The summed E-state index contributed by atoms with van der Waals surface area (Å²) in [7, 11) is 0. The summed E-state index contributed by atoms with van der Waals surface area (Å²) < 4.78 is 36.7. The highest BCUT2D eigenvalue weighted by Crippen LogP contribution is 2.32. The summed E-state index contributed by atoms with van der Waals surface area (Å²) in [6, 6.07) is 8.97. The van der Waals surface area contributed by atoms with Gasteiger partial charge in [0.25, 0.3) is 0 Å². The molecule has 1 amide bonds. The van der Waals surface area contributed by atoms with Gasteiger partial charge in [-0.2, -0.15) is 13.2 Å². The molecule has 0 bridgehead atoms. The van der Waals surface area contributed by atoms with Gasteiger partial charge in [-0.05, 0) is 23.7 Å². The van der Waals surface area contributed by atoms with Gasteiger partial charge < -0.3 is 4.90 Å². The summed E-state index contributed by atoms with van der Waals surface area (Å²) in [4.78, 5) is 13.8. The molecule has 1 aliphatic heterocycles. The van der Waals surface area contributed by atoms with E-state index in [1.165, 1.54) is 4.90 Å². The van der Waals surface area contributed by atoms with Crippen LogP contribution in [0, 0.1) is 0 Å². The Morgan fingerprint density at radius 1 is 1.29 bits per heavy atom. The molecule has 21 heavy (non-hydrogen) atoms. The van der Waals surface area contributed by atoms with Gasteiger partial charge in [0.1, 0.15) is 6.17 Å². The number of nitrogens with zero attached hydrogens (tertiary/aromatic N) is 1. The third-order valence-electron chi connectivity index (χ3n) is 3.37. The van der Waals surface area contributed by atoms with Crippen LogP contribution in [-0.4, -0.2) is 34.7 Å². The van der Waals surface area contributed by atoms with Crippen molar-refractivity contribution >= 4 is 17.7 Å². The van der Waals surface area contributed by atoms with Crippen LogP contribution in [0.25, 0.3) is 0 Å². The van der Waals surface area contributed by atoms with Gasteiger partial charge in [0.05, 0.1) is 6.04 Å². The molecule has 0 radical (unpaired) electrons. The number of carbonyl (C=O) groups excluding carboxylic acids is 1. The molecule has 116 valence electrons. The fraction of sp³-hybridized carbons (Fsp3) is 0.500. The van der Waals surface area contributed by atoms with Crippen molar-refractivity contribution in [1.29, 1.82) is 0 Å². The van der Waals surface area contributed by atoms with Gasteiger partial charge in [-0.15, -0.1) is 0 Å². The standard InChI is InChI=1S/C14H17F3N2OS/c1-2-11-13(20)19(8-9-21-14(15,16)17)12(18-11)10-6-4-3-5-7-10/h3-7,11-12,18H,2,8-9H2,1H3. The number of hydrogen-bond acceptors (Lipinski definition) is 3. The SMILES string of the molecule is CCC1NC(c2ccccc2)N(CCSC(F)(F)F)C1=O. The molecule has 0 spiro atoms. The molecule has 3 nitrogen and oxygen atoms in total. The number of carbonyl (C=O) groups is 1. The average Bonchev–Trinajstić information content (AvgIpc) is 2.75. The van der Waals surface area contributed by atoms with Crippen molar-refractivity contribution < 1.29 is 18.0 Å². The highest BCUT2D eigenvalue weighted by atomic mass is 32.2. The molecule has 7 heteroatoms. The van der Waals surface area contributed by atoms with Crippen LogP contribution < -0.4 is 5.32 Å². The first-order valence-electron chi connectivity index (χ1n) is 6.74. The van der Waals surface area contributed by atoms with E-state index >= 15 is 0 Å². The smallest absolute Gasteiger partial charge is 0.321 e. The normalized spacial score (nSPS) is 22.9. The Morgan fingerprint density at radius 3 is 2.52 bits per heavy atom. The highest BCUT2D eigenvalue weighted by Gasteiger charge is 2.39. The Bertz CT molecular complexity index is 481. The van der Waals surface area contributed by atoms with Crippen LogP contribution in [-0.2, 0) is 4.79 Å². The maximum atomic E-state index is 12.2. The lowest BCUT2D eigenvalue weighted by atomic mass is 10.1. The molecule has 1 aliphatic rings. The Labute approximate surface area is 125 Å². The second kappa shape index (κ2) is 6.70. The summed E-state index contributed by atoms with van der Waals surface area (Å²) in [6.07, 6.45) is 0.267. The molecule has 2 atom stereocenters. The summed E-state index contributed by atoms with van der Waals surface area (Å²) in [6.45, 7) is 1.96. The topological polar surface area (TPSA) is 32.3 Å².